The molecule has 5 heteroatoms. The van der Waals surface area contributed by atoms with Gasteiger partial charge in [-0.25, -0.2) is 8.42 Å². The van der Waals surface area contributed by atoms with Crippen LogP contribution in [0.15, 0.2) is 53.0 Å². The van der Waals surface area contributed by atoms with Gasteiger partial charge in [-0.2, -0.15) is 0 Å². The van der Waals surface area contributed by atoms with Crippen LogP contribution >= 0.6 is 0 Å². The molecule has 4 N–H and O–H groups in total. The standard InChI is InChI=1S/C14H18N2O2S/c15-9-11-1-5-13(6-2-11)19(17,18)14-7-3-12(10-16)4-8-14/h1-7,14H,8-10,15-16H2. The Morgan fingerprint density at radius 2 is 1.79 bits per heavy atom. The van der Waals surface area contributed by atoms with Gasteiger partial charge in [0.05, 0.1) is 10.1 Å². The summed E-state index contributed by atoms with van der Waals surface area (Å²) in [5, 5.41) is -0.508. The van der Waals surface area contributed by atoms with Gasteiger partial charge in [0.15, 0.2) is 9.84 Å². The summed E-state index contributed by atoms with van der Waals surface area (Å²) in [5.74, 6) is 0. The molecule has 19 heavy (non-hydrogen) atoms. The number of hydrogen-bond acceptors (Lipinski definition) is 4. The van der Waals surface area contributed by atoms with Crippen LogP contribution < -0.4 is 11.5 Å². The molecule has 0 aromatic heterocycles. The minimum atomic E-state index is -3.33. The van der Waals surface area contributed by atoms with Crippen molar-refractivity contribution < 1.29 is 8.42 Å². The normalized spacial score (nSPS) is 19.3. The third-order valence-corrected chi connectivity index (χ3v) is 5.34. The predicted octanol–water partition coefficient (Wildman–Crippen LogP) is 1.13. The fraction of sp³-hybridized carbons (Fsp3) is 0.286. The molecule has 1 aliphatic rings. The third-order valence-electron chi connectivity index (χ3n) is 3.26. The van der Waals surface area contributed by atoms with Gasteiger partial charge in [-0.05, 0) is 29.7 Å². The largest absolute Gasteiger partial charge is 0.327 e. The molecule has 0 fully saturated rings. The van der Waals surface area contributed by atoms with E-state index in [4.69, 9.17) is 11.5 Å². The van der Waals surface area contributed by atoms with Crippen molar-refractivity contribution in [2.75, 3.05) is 6.54 Å². The molecular weight excluding hydrogens is 260 g/mol. The van der Waals surface area contributed by atoms with Gasteiger partial charge < -0.3 is 11.5 Å². The minimum absolute atomic E-state index is 0.337. The number of allylic oxidation sites excluding steroid dienone is 1. The lowest BCUT2D eigenvalue weighted by atomic mass is 10.1. The molecule has 0 heterocycles. The first-order valence-electron chi connectivity index (χ1n) is 6.18. The fourth-order valence-corrected chi connectivity index (χ4v) is 3.52. The molecule has 0 spiro atoms. The Morgan fingerprint density at radius 1 is 1.11 bits per heavy atom. The van der Waals surface area contributed by atoms with Gasteiger partial charge in [-0.3, -0.25) is 0 Å². The van der Waals surface area contributed by atoms with E-state index in [9.17, 15) is 8.42 Å². The van der Waals surface area contributed by atoms with E-state index in [-0.39, 0.29) is 0 Å². The quantitative estimate of drug-likeness (QED) is 0.864. The van der Waals surface area contributed by atoms with Crippen LogP contribution in [0.5, 0.6) is 0 Å². The lowest BCUT2D eigenvalue weighted by Crippen LogP contribution is -2.21. The molecule has 2 rings (SSSR count). The highest BCUT2D eigenvalue weighted by Gasteiger charge is 2.25. The van der Waals surface area contributed by atoms with E-state index in [1.807, 2.05) is 6.08 Å². The molecular formula is C14H18N2O2S. The number of rotatable bonds is 4. The van der Waals surface area contributed by atoms with Crippen LogP contribution in [0.25, 0.3) is 0 Å². The van der Waals surface area contributed by atoms with Crippen molar-refractivity contribution >= 4 is 9.84 Å². The zero-order valence-electron chi connectivity index (χ0n) is 10.6. The highest BCUT2D eigenvalue weighted by Crippen LogP contribution is 2.23. The molecule has 0 amide bonds. The van der Waals surface area contributed by atoms with Crippen LogP contribution in [0.2, 0.25) is 0 Å². The molecule has 102 valence electrons. The first-order valence-corrected chi connectivity index (χ1v) is 7.72. The highest BCUT2D eigenvalue weighted by atomic mass is 32.2. The second-order valence-electron chi connectivity index (χ2n) is 4.51. The summed E-state index contributed by atoms with van der Waals surface area (Å²) in [6.07, 6.45) is 5.87. The molecule has 1 atom stereocenters. The smallest absolute Gasteiger partial charge is 0.185 e. The first-order chi connectivity index (χ1) is 9.07. The second kappa shape index (κ2) is 5.69. The molecule has 0 saturated heterocycles. The molecule has 0 radical (unpaired) electrons. The Balaban J connectivity index is 2.23. The van der Waals surface area contributed by atoms with Gasteiger partial charge in [0.25, 0.3) is 0 Å². The molecule has 1 aromatic carbocycles. The van der Waals surface area contributed by atoms with Crippen molar-refractivity contribution in [3.8, 4) is 0 Å². The van der Waals surface area contributed by atoms with Crippen LogP contribution in [0, 0.1) is 0 Å². The summed E-state index contributed by atoms with van der Waals surface area (Å²) < 4.78 is 24.9. The van der Waals surface area contributed by atoms with Crippen molar-refractivity contribution in [2.45, 2.75) is 23.1 Å². The summed E-state index contributed by atoms with van der Waals surface area (Å²) in [4.78, 5) is 0.337. The van der Waals surface area contributed by atoms with E-state index in [0.29, 0.717) is 24.4 Å². The van der Waals surface area contributed by atoms with Crippen LogP contribution in [0.3, 0.4) is 0 Å². The van der Waals surface area contributed by atoms with Gasteiger partial charge in [-0.1, -0.05) is 30.4 Å². The van der Waals surface area contributed by atoms with Crippen LogP contribution in [0.1, 0.15) is 12.0 Å². The summed E-state index contributed by atoms with van der Waals surface area (Å²) in [7, 11) is -3.33. The minimum Gasteiger partial charge on any atom is -0.327 e. The summed E-state index contributed by atoms with van der Waals surface area (Å²) in [6.45, 7) is 0.848. The van der Waals surface area contributed by atoms with Crippen LogP contribution in [0.4, 0.5) is 0 Å². The van der Waals surface area contributed by atoms with Crippen molar-refractivity contribution in [2.24, 2.45) is 11.5 Å². The Labute approximate surface area is 113 Å². The molecule has 1 aromatic rings. The van der Waals surface area contributed by atoms with Crippen LogP contribution in [-0.2, 0) is 16.4 Å². The zero-order chi connectivity index (χ0) is 13.9. The Kier molecular flexibility index (Phi) is 4.19. The maximum Gasteiger partial charge on any atom is 0.185 e. The second-order valence-corrected chi connectivity index (χ2v) is 6.68. The fourth-order valence-electron chi connectivity index (χ4n) is 2.02. The van der Waals surface area contributed by atoms with Crippen molar-refractivity contribution in [1.29, 1.82) is 0 Å². The van der Waals surface area contributed by atoms with Gasteiger partial charge in [0.1, 0.15) is 0 Å². The average molecular weight is 278 g/mol. The number of nitrogens with two attached hydrogens (primary N) is 2. The molecule has 0 aliphatic heterocycles. The van der Waals surface area contributed by atoms with Gasteiger partial charge in [0.2, 0.25) is 0 Å². The molecule has 1 unspecified atom stereocenters. The van der Waals surface area contributed by atoms with Gasteiger partial charge in [-0.15, -0.1) is 0 Å². The van der Waals surface area contributed by atoms with Gasteiger partial charge >= 0.3 is 0 Å². The van der Waals surface area contributed by atoms with E-state index >= 15 is 0 Å². The number of benzene rings is 1. The molecule has 0 bridgehead atoms. The third kappa shape index (κ3) is 2.94. The maximum atomic E-state index is 12.4. The number of sulfone groups is 1. The monoisotopic (exact) mass is 278 g/mol. The first kappa shape index (κ1) is 14.0. The van der Waals surface area contributed by atoms with Crippen molar-refractivity contribution in [3.63, 3.8) is 0 Å². The average Bonchev–Trinajstić information content (AvgIpc) is 2.47. The van der Waals surface area contributed by atoms with E-state index in [1.54, 1.807) is 36.4 Å². The van der Waals surface area contributed by atoms with E-state index in [2.05, 4.69) is 0 Å². The lowest BCUT2D eigenvalue weighted by molar-refractivity contribution is 0.588. The summed E-state index contributed by atoms with van der Waals surface area (Å²) >= 11 is 0. The molecule has 1 aliphatic carbocycles. The topological polar surface area (TPSA) is 86.2 Å². The predicted molar refractivity (Wildman–Crippen MR) is 76.2 cm³/mol. The van der Waals surface area contributed by atoms with Crippen molar-refractivity contribution in [3.05, 3.63) is 53.6 Å². The maximum absolute atomic E-state index is 12.4. The van der Waals surface area contributed by atoms with E-state index < -0.39 is 15.1 Å². The SMILES string of the molecule is NCC1=CCC(S(=O)(=O)c2ccc(CN)cc2)C=C1. The Bertz CT molecular complexity index is 601. The highest BCUT2D eigenvalue weighted by molar-refractivity contribution is 7.92. The zero-order valence-corrected chi connectivity index (χ0v) is 11.4. The van der Waals surface area contributed by atoms with Crippen LogP contribution in [-0.4, -0.2) is 20.2 Å². The lowest BCUT2D eigenvalue weighted by Gasteiger charge is -2.16. The molecule has 0 saturated carbocycles. The summed E-state index contributed by atoms with van der Waals surface area (Å²) in [5.41, 5.74) is 12.9. The Morgan fingerprint density at radius 3 is 2.26 bits per heavy atom. The Hall–Kier alpha value is -1.43. The van der Waals surface area contributed by atoms with E-state index in [1.165, 1.54) is 0 Å². The number of hydrogen-bond donors (Lipinski definition) is 2. The molecule has 4 nitrogen and oxygen atoms in total. The van der Waals surface area contributed by atoms with Gasteiger partial charge in [0, 0.05) is 13.1 Å². The summed E-state index contributed by atoms with van der Waals surface area (Å²) in [6, 6.07) is 6.74. The van der Waals surface area contributed by atoms with Crippen molar-refractivity contribution in [1.82, 2.24) is 0 Å². The van der Waals surface area contributed by atoms with E-state index in [0.717, 1.165) is 11.1 Å².